The first-order chi connectivity index (χ1) is 10.4. The van der Waals surface area contributed by atoms with Gasteiger partial charge in [-0.15, -0.1) is 0 Å². The molecular formula is C18H32O4Si. The third-order valence-corrected chi connectivity index (χ3v) is 9.69. The molecule has 0 aromatic rings. The quantitative estimate of drug-likeness (QED) is 0.559. The molecule has 0 spiro atoms. The molecule has 0 radical (unpaired) electrons. The molecule has 4 nitrogen and oxygen atoms in total. The van der Waals surface area contributed by atoms with Crippen LogP contribution in [0.25, 0.3) is 0 Å². The Balaban J connectivity index is 2.10. The molecule has 0 unspecified atom stereocenters. The van der Waals surface area contributed by atoms with Gasteiger partial charge in [0.25, 0.3) is 0 Å². The second kappa shape index (κ2) is 6.12. The summed E-state index contributed by atoms with van der Waals surface area (Å²) < 4.78 is 24.6. The maximum absolute atomic E-state index is 6.34. The molecular weight excluding hydrogens is 308 g/mol. The van der Waals surface area contributed by atoms with Crippen molar-refractivity contribution in [2.45, 2.75) is 83.0 Å². The van der Waals surface area contributed by atoms with Crippen molar-refractivity contribution < 1.29 is 18.6 Å². The van der Waals surface area contributed by atoms with E-state index >= 15 is 0 Å². The van der Waals surface area contributed by atoms with E-state index in [-0.39, 0.29) is 29.5 Å². The van der Waals surface area contributed by atoms with Gasteiger partial charge in [-0.25, -0.2) is 0 Å². The van der Waals surface area contributed by atoms with Gasteiger partial charge in [0.15, 0.2) is 14.1 Å². The standard InChI is InChI=1S/C18H32O4Si/c1-10-12(2)14-16-15(21-18(6,7)22-16)13(20-14)11-19-23(8,9)17(3,4)5/h10,13-16H,1-2,11H2,3-9H3/t13-,14-,15-,16+/m1/s1. The second-order valence-corrected chi connectivity index (χ2v) is 13.3. The van der Waals surface area contributed by atoms with Gasteiger partial charge in [-0.1, -0.05) is 40.0 Å². The van der Waals surface area contributed by atoms with Gasteiger partial charge in [0, 0.05) is 0 Å². The van der Waals surface area contributed by atoms with Crippen molar-refractivity contribution in [2.24, 2.45) is 0 Å². The predicted octanol–water partition coefficient (Wildman–Crippen LogP) is 4.04. The first-order valence-corrected chi connectivity index (χ1v) is 11.2. The highest BCUT2D eigenvalue weighted by atomic mass is 28.4. The first-order valence-electron chi connectivity index (χ1n) is 8.34. The van der Waals surface area contributed by atoms with Crippen LogP contribution in [0.5, 0.6) is 0 Å². The minimum absolute atomic E-state index is 0.128. The lowest BCUT2D eigenvalue weighted by atomic mass is 10.0. The molecule has 0 aromatic carbocycles. The summed E-state index contributed by atoms with van der Waals surface area (Å²) >= 11 is 0. The number of hydrogen-bond donors (Lipinski definition) is 0. The summed E-state index contributed by atoms with van der Waals surface area (Å²) in [5.74, 6) is -0.603. The SMILES string of the molecule is C=CC(=C)[C@H]1O[C@H](CO[Si](C)(C)C(C)(C)C)[C@H]2OC(C)(C)O[C@H]21. The van der Waals surface area contributed by atoms with Crippen molar-refractivity contribution in [3.8, 4) is 0 Å². The Hall–Kier alpha value is -0.463. The lowest BCUT2D eigenvalue weighted by molar-refractivity contribution is -0.185. The maximum atomic E-state index is 6.34. The van der Waals surface area contributed by atoms with Crippen LogP contribution in [0.1, 0.15) is 34.6 Å². The molecule has 2 aliphatic heterocycles. The lowest BCUT2D eigenvalue weighted by Crippen LogP contribution is -2.44. The Morgan fingerprint density at radius 3 is 2.30 bits per heavy atom. The zero-order chi connectivity index (χ0) is 17.6. The molecule has 2 aliphatic rings. The second-order valence-electron chi connectivity index (χ2n) is 8.51. The third-order valence-electron chi connectivity index (χ3n) is 5.19. The van der Waals surface area contributed by atoms with Crippen molar-refractivity contribution in [1.29, 1.82) is 0 Å². The smallest absolute Gasteiger partial charge is 0.192 e. The molecule has 0 aromatic heterocycles. The molecule has 132 valence electrons. The molecule has 0 aliphatic carbocycles. The molecule has 0 amide bonds. The van der Waals surface area contributed by atoms with Crippen molar-refractivity contribution in [3.63, 3.8) is 0 Å². The van der Waals surface area contributed by atoms with E-state index in [2.05, 4.69) is 47.0 Å². The van der Waals surface area contributed by atoms with Crippen LogP contribution in [0.3, 0.4) is 0 Å². The van der Waals surface area contributed by atoms with E-state index in [0.717, 1.165) is 5.57 Å². The summed E-state index contributed by atoms with van der Waals surface area (Å²) in [5, 5.41) is 0.168. The van der Waals surface area contributed by atoms with Crippen LogP contribution >= 0.6 is 0 Å². The Labute approximate surface area is 142 Å². The topological polar surface area (TPSA) is 36.9 Å². The normalized spacial score (nSPS) is 33.5. The molecule has 2 rings (SSSR count). The molecule has 2 fully saturated rings. The molecule has 4 atom stereocenters. The van der Waals surface area contributed by atoms with Crippen LogP contribution in [0.15, 0.2) is 24.8 Å². The largest absolute Gasteiger partial charge is 0.414 e. The van der Waals surface area contributed by atoms with E-state index in [1.165, 1.54) is 0 Å². The lowest BCUT2D eigenvalue weighted by Gasteiger charge is -2.37. The minimum atomic E-state index is -1.83. The first kappa shape index (κ1) is 18.9. The monoisotopic (exact) mass is 340 g/mol. The fraction of sp³-hybridized carbons (Fsp3) is 0.778. The fourth-order valence-corrected chi connectivity index (χ4v) is 3.75. The van der Waals surface area contributed by atoms with E-state index in [0.29, 0.717) is 6.61 Å². The van der Waals surface area contributed by atoms with E-state index in [1.54, 1.807) is 6.08 Å². The van der Waals surface area contributed by atoms with Gasteiger partial charge >= 0.3 is 0 Å². The van der Waals surface area contributed by atoms with Crippen LogP contribution in [0.2, 0.25) is 18.1 Å². The molecule has 0 bridgehead atoms. The van der Waals surface area contributed by atoms with Gasteiger partial charge in [0.05, 0.1) is 6.61 Å². The highest BCUT2D eigenvalue weighted by Crippen LogP contribution is 2.42. The Morgan fingerprint density at radius 1 is 1.22 bits per heavy atom. The van der Waals surface area contributed by atoms with E-state index in [9.17, 15) is 0 Å². The fourth-order valence-electron chi connectivity index (χ4n) is 2.74. The number of fused-ring (bicyclic) bond motifs is 1. The number of rotatable bonds is 5. The molecule has 0 saturated carbocycles. The van der Waals surface area contributed by atoms with Gasteiger partial charge in [0.1, 0.15) is 24.4 Å². The summed E-state index contributed by atoms with van der Waals surface area (Å²) in [5.41, 5.74) is 0.830. The van der Waals surface area contributed by atoms with Gasteiger partial charge in [0.2, 0.25) is 0 Å². The average molecular weight is 341 g/mol. The highest BCUT2D eigenvalue weighted by Gasteiger charge is 2.55. The predicted molar refractivity (Wildman–Crippen MR) is 95.0 cm³/mol. The summed E-state index contributed by atoms with van der Waals surface area (Å²) in [4.78, 5) is 0. The van der Waals surface area contributed by atoms with Gasteiger partial charge in [-0.3, -0.25) is 0 Å². The van der Waals surface area contributed by atoms with Crippen LogP contribution in [-0.4, -0.2) is 45.1 Å². The van der Waals surface area contributed by atoms with Gasteiger partial charge in [-0.05, 0) is 37.6 Å². The molecule has 2 heterocycles. The zero-order valence-corrected chi connectivity index (χ0v) is 16.6. The van der Waals surface area contributed by atoms with Crippen molar-refractivity contribution in [3.05, 3.63) is 24.8 Å². The van der Waals surface area contributed by atoms with E-state index < -0.39 is 14.1 Å². The molecule has 0 N–H and O–H groups in total. The van der Waals surface area contributed by atoms with Crippen LogP contribution < -0.4 is 0 Å². The molecule has 5 heteroatoms. The van der Waals surface area contributed by atoms with Crippen LogP contribution in [0, 0.1) is 0 Å². The maximum Gasteiger partial charge on any atom is 0.192 e. The summed E-state index contributed by atoms with van der Waals surface area (Å²) in [7, 11) is -1.83. The molecule has 2 saturated heterocycles. The van der Waals surface area contributed by atoms with Gasteiger partial charge < -0.3 is 18.6 Å². The van der Waals surface area contributed by atoms with Crippen LogP contribution in [0.4, 0.5) is 0 Å². The minimum Gasteiger partial charge on any atom is -0.414 e. The van der Waals surface area contributed by atoms with Crippen molar-refractivity contribution in [2.75, 3.05) is 6.61 Å². The van der Waals surface area contributed by atoms with Crippen molar-refractivity contribution >= 4 is 8.32 Å². The highest BCUT2D eigenvalue weighted by molar-refractivity contribution is 6.74. The Bertz CT molecular complexity index is 478. The zero-order valence-electron chi connectivity index (χ0n) is 15.6. The summed E-state index contributed by atoms with van der Waals surface area (Å²) in [6, 6.07) is 0. The Kier molecular flexibility index (Phi) is 5.02. The summed E-state index contributed by atoms with van der Waals surface area (Å²) in [6.45, 7) is 23.4. The van der Waals surface area contributed by atoms with Gasteiger partial charge in [-0.2, -0.15) is 0 Å². The number of ether oxygens (including phenoxy) is 3. The summed E-state index contributed by atoms with van der Waals surface area (Å²) in [6.07, 6.45) is 1.10. The van der Waals surface area contributed by atoms with E-state index in [4.69, 9.17) is 18.6 Å². The van der Waals surface area contributed by atoms with Crippen molar-refractivity contribution in [1.82, 2.24) is 0 Å². The Morgan fingerprint density at radius 2 is 1.78 bits per heavy atom. The van der Waals surface area contributed by atoms with Crippen LogP contribution in [-0.2, 0) is 18.6 Å². The molecule has 23 heavy (non-hydrogen) atoms. The average Bonchev–Trinajstić information content (AvgIpc) is 2.87. The number of hydrogen-bond acceptors (Lipinski definition) is 4. The third kappa shape index (κ3) is 3.80. The van der Waals surface area contributed by atoms with E-state index in [1.807, 2.05) is 13.8 Å².